The van der Waals surface area contributed by atoms with Crippen molar-refractivity contribution in [2.45, 2.75) is 94.6 Å². The molecule has 0 fully saturated rings. The van der Waals surface area contributed by atoms with E-state index in [0.29, 0.717) is 25.2 Å². The predicted molar refractivity (Wildman–Crippen MR) is 140 cm³/mol. The lowest BCUT2D eigenvalue weighted by molar-refractivity contribution is -0.285. The Balaban J connectivity index is 1.48. The molecule has 3 unspecified atom stereocenters. The van der Waals surface area contributed by atoms with Crippen molar-refractivity contribution in [1.29, 1.82) is 0 Å². The largest absolute Gasteiger partial charge is 0.508 e. The van der Waals surface area contributed by atoms with Crippen molar-refractivity contribution in [1.82, 2.24) is 0 Å². The molecule has 1 aliphatic heterocycles. The molecule has 0 aromatic heterocycles. The summed E-state index contributed by atoms with van der Waals surface area (Å²) in [4.78, 5) is 11.3. The van der Waals surface area contributed by atoms with Gasteiger partial charge in [-0.15, -0.1) is 0 Å². The Bertz CT molecular complexity index is 1120. The smallest absolute Gasteiger partial charge is 0.453 e. The van der Waals surface area contributed by atoms with Gasteiger partial charge in [-0.2, -0.15) is 22.0 Å². The molecule has 0 radical (unpaired) electrons. The maximum atomic E-state index is 13.2. The molecule has 0 spiro atoms. The summed E-state index contributed by atoms with van der Waals surface area (Å²) in [5.41, 5.74) is 1.69. The molecule has 3 rings (SSSR count). The number of alkyl halides is 5. The molecular formula is C30H37F5O5. The number of ether oxygens (including phenoxy) is 1. The minimum atomic E-state index is -5.67. The summed E-state index contributed by atoms with van der Waals surface area (Å²) in [6.45, 7) is 2.54. The van der Waals surface area contributed by atoms with Gasteiger partial charge in [-0.25, -0.2) is 0 Å². The van der Waals surface area contributed by atoms with Crippen LogP contribution in [0.3, 0.4) is 0 Å². The first-order valence-corrected chi connectivity index (χ1v) is 13.7. The molecule has 3 N–H and O–H groups in total. The van der Waals surface area contributed by atoms with Gasteiger partial charge in [0.1, 0.15) is 17.2 Å². The number of hydrogen-bond acceptors (Lipinski definition) is 4. The van der Waals surface area contributed by atoms with Crippen LogP contribution in [0.1, 0.15) is 88.2 Å². The highest BCUT2D eigenvalue weighted by Crippen LogP contribution is 2.50. The van der Waals surface area contributed by atoms with Crippen LogP contribution in [-0.4, -0.2) is 40.0 Å². The molecule has 40 heavy (non-hydrogen) atoms. The molecule has 0 bridgehead atoms. The molecule has 1 heterocycles. The summed E-state index contributed by atoms with van der Waals surface area (Å²) in [7, 11) is 0. The van der Waals surface area contributed by atoms with Crippen molar-refractivity contribution in [3.05, 3.63) is 53.6 Å². The number of halogens is 5. The molecule has 5 nitrogen and oxygen atoms in total. The van der Waals surface area contributed by atoms with Gasteiger partial charge in [0.15, 0.2) is 0 Å². The van der Waals surface area contributed by atoms with Crippen molar-refractivity contribution in [3.63, 3.8) is 0 Å². The van der Waals surface area contributed by atoms with Crippen LogP contribution in [0.5, 0.6) is 17.2 Å². The summed E-state index contributed by atoms with van der Waals surface area (Å²) < 4.78 is 69.5. The van der Waals surface area contributed by atoms with Crippen LogP contribution in [0.4, 0.5) is 22.0 Å². The van der Waals surface area contributed by atoms with E-state index in [2.05, 4.69) is 6.92 Å². The number of carboxylic acid groups (broad SMARTS) is 1. The van der Waals surface area contributed by atoms with Crippen LogP contribution in [0, 0.1) is 5.92 Å². The fraction of sp³-hybridized carbons (Fsp3) is 0.567. The molecule has 0 amide bonds. The molecule has 2 aromatic rings. The number of carboxylic acids is 1. The molecule has 0 saturated carbocycles. The zero-order valence-corrected chi connectivity index (χ0v) is 22.5. The summed E-state index contributed by atoms with van der Waals surface area (Å²) in [5, 5.41) is 28.9. The Morgan fingerprint density at radius 2 is 1.52 bits per heavy atom. The van der Waals surface area contributed by atoms with Gasteiger partial charge in [-0.1, -0.05) is 63.6 Å². The molecule has 10 heteroatoms. The minimum absolute atomic E-state index is 0.0694. The van der Waals surface area contributed by atoms with Gasteiger partial charge in [-0.05, 0) is 48.6 Å². The molecular weight excluding hydrogens is 535 g/mol. The normalized spacial score (nSPS) is 20.0. The number of aromatic hydroxyl groups is 2. The van der Waals surface area contributed by atoms with E-state index in [0.717, 1.165) is 43.2 Å². The van der Waals surface area contributed by atoms with Crippen molar-refractivity contribution in [3.8, 4) is 17.2 Å². The molecule has 222 valence electrons. The molecule has 2 aromatic carbocycles. The third-order valence-corrected chi connectivity index (χ3v) is 8.06. The summed E-state index contributed by atoms with van der Waals surface area (Å²) in [6, 6.07) is 12.2. The first-order chi connectivity index (χ1) is 18.7. The zero-order chi connectivity index (χ0) is 29.6. The SMILES string of the molecule is CC1(c2ccc(O)cc2)COc2cc(O)ccc2C1CCCCCCCCC(CCC(F)(F)C(F)(F)F)C(=O)O. The van der Waals surface area contributed by atoms with E-state index in [-0.39, 0.29) is 29.3 Å². The minimum Gasteiger partial charge on any atom is -0.508 e. The van der Waals surface area contributed by atoms with E-state index in [9.17, 15) is 42.1 Å². The van der Waals surface area contributed by atoms with E-state index >= 15 is 0 Å². The summed E-state index contributed by atoms with van der Waals surface area (Å²) in [5.74, 6) is -6.39. The number of fused-ring (bicyclic) bond motifs is 1. The quantitative estimate of drug-likeness (QED) is 0.157. The third-order valence-electron chi connectivity index (χ3n) is 8.06. The van der Waals surface area contributed by atoms with Crippen LogP contribution < -0.4 is 4.74 Å². The first-order valence-electron chi connectivity index (χ1n) is 13.7. The van der Waals surface area contributed by atoms with Gasteiger partial charge in [0.25, 0.3) is 0 Å². The van der Waals surface area contributed by atoms with Crippen molar-refractivity contribution >= 4 is 5.97 Å². The Kier molecular flexibility index (Phi) is 10.3. The average Bonchev–Trinajstić information content (AvgIpc) is 2.87. The molecule has 3 atom stereocenters. The average molecular weight is 573 g/mol. The Labute approximate surface area is 231 Å². The van der Waals surface area contributed by atoms with E-state index in [1.54, 1.807) is 24.3 Å². The van der Waals surface area contributed by atoms with Crippen LogP contribution in [0.15, 0.2) is 42.5 Å². The van der Waals surface area contributed by atoms with Gasteiger partial charge < -0.3 is 20.1 Å². The fourth-order valence-corrected chi connectivity index (χ4v) is 5.54. The first kappa shape index (κ1) is 31.5. The number of hydrogen-bond donors (Lipinski definition) is 3. The van der Waals surface area contributed by atoms with Crippen molar-refractivity contribution in [2.24, 2.45) is 5.92 Å². The maximum absolute atomic E-state index is 13.2. The second-order valence-electron chi connectivity index (χ2n) is 11.0. The van der Waals surface area contributed by atoms with Crippen LogP contribution in [-0.2, 0) is 10.2 Å². The zero-order valence-electron chi connectivity index (χ0n) is 22.5. The predicted octanol–water partition coefficient (Wildman–Crippen LogP) is 8.33. The second kappa shape index (κ2) is 13.1. The van der Waals surface area contributed by atoms with Gasteiger partial charge >= 0.3 is 18.1 Å². The fourth-order valence-electron chi connectivity index (χ4n) is 5.54. The molecule has 0 aliphatic carbocycles. The molecule has 1 aliphatic rings. The second-order valence-corrected chi connectivity index (χ2v) is 11.0. The van der Waals surface area contributed by atoms with Crippen LogP contribution in [0.2, 0.25) is 0 Å². The lowest BCUT2D eigenvalue weighted by Crippen LogP contribution is -2.40. The standard InChI is InChI=1S/C30H37F5O5/c1-28(21-10-12-22(36)13-11-21)19-40-26-18-23(37)14-15-24(26)25(28)9-7-5-3-2-4-6-8-20(27(38)39)16-17-29(31,32)30(33,34)35/h10-15,18,20,25,36-37H,2-9,16-17,19H2,1H3,(H,38,39). The number of carbonyl (C=O) groups is 1. The van der Waals surface area contributed by atoms with Gasteiger partial charge in [-0.3, -0.25) is 4.79 Å². The van der Waals surface area contributed by atoms with Gasteiger partial charge in [0.2, 0.25) is 0 Å². The number of aliphatic carboxylic acids is 1. The Morgan fingerprint density at radius 1 is 0.925 bits per heavy atom. The van der Waals surface area contributed by atoms with Crippen molar-refractivity contribution < 1.29 is 46.8 Å². The summed E-state index contributed by atoms with van der Waals surface area (Å²) >= 11 is 0. The van der Waals surface area contributed by atoms with Gasteiger partial charge in [0, 0.05) is 23.8 Å². The van der Waals surface area contributed by atoms with Gasteiger partial charge in [0.05, 0.1) is 12.5 Å². The highest BCUT2D eigenvalue weighted by Gasteiger charge is 2.57. The third kappa shape index (κ3) is 7.79. The Hall–Kier alpha value is -3.04. The highest BCUT2D eigenvalue weighted by atomic mass is 19.4. The van der Waals surface area contributed by atoms with E-state index in [1.165, 1.54) is 0 Å². The lowest BCUT2D eigenvalue weighted by atomic mass is 9.66. The number of rotatable bonds is 14. The van der Waals surface area contributed by atoms with E-state index < -0.39 is 36.8 Å². The van der Waals surface area contributed by atoms with Crippen LogP contribution >= 0.6 is 0 Å². The summed E-state index contributed by atoms with van der Waals surface area (Å²) in [6.07, 6.45) is -2.37. The number of phenols is 2. The van der Waals surface area contributed by atoms with E-state index in [4.69, 9.17) is 4.74 Å². The number of unbranched alkanes of at least 4 members (excludes halogenated alkanes) is 5. The maximum Gasteiger partial charge on any atom is 0.453 e. The van der Waals surface area contributed by atoms with E-state index in [1.807, 2.05) is 18.2 Å². The molecule has 0 saturated heterocycles. The topological polar surface area (TPSA) is 87.0 Å². The highest BCUT2D eigenvalue weighted by molar-refractivity contribution is 5.69. The number of phenolic OH excluding ortho intramolecular Hbond substituents is 2. The van der Waals surface area contributed by atoms with Crippen molar-refractivity contribution in [2.75, 3.05) is 6.61 Å². The van der Waals surface area contributed by atoms with Crippen LogP contribution in [0.25, 0.3) is 0 Å². The number of benzene rings is 2. The monoisotopic (exact) mass is 572 g/mol. The Morgan fingerprint density at radius 3 is 2.15 bits per heavy atom. The lowest BCUT2D eigenvalue weighted by Gasteiger charge is -2.43.